The molecule has 2 aromatic heterocycles. The highest BCUT2D eigenvalue weighted by molar-refractivity contribution is 7.92. The van der Waals surface area contributed by atoms with Gasteiger partial charge in [0.1, 0.15) is 34.4 Å². The van der Waals surface area contributed by atoms with E-state index in [1.54, 1.807) is 47.5 Å². The lowest BCUT2D eigenvalue weighted by molar-refractivity contribution is 0.0735. The number of nitrogens with zero attached hydrogens (tertiary/aromatic N) is 4. The molecule has 12 heteroatoms. The van der Waals surface area contributed by atoms with Gasteiger partial charge in [-0.25, -0.2) is 22.8 Å². The fraction of sp³-hybridized carbons (Fsp3) is 0.321. The van der Waals surface area contributed by atoms with Gasteiger partial charge in [0.25, 0.3) is 15.9 Å². The average molecular weight is 566 g/mol. The molecule has 2 aromatic carbocycles. The van der Waals surface area contributed by atoms with Crippen molar-refractivity contribution < 1.29 is 17.6 Å². The Balaban J connectivity index is 1.57. The number of carbonyl (C=O) groups excluding carboxylic acids is 1. The molecule has 1 fully saturated rings. The molecule has 0 radical (unpaired) electrons. The molecule has 1 amide bonds. The molecule has 0 spiro atoms. The van der Waals surface area contributed by atoms with E-state index in [1.807, 2.05) is 13.8 Å². The molecule has 5 rings (SSSR count). The molecule has 1 atom stereocenters. The molecule has 1 saturated heterocycles. The van der Waals surface area contributed by atoms with Crippen LogP contribution in [-0.4, -0.2) is 59.8 Å². The number of aryl methyl sites for hydroxylation is 1. The Bertz CT molecular complexity index is 1710. The summed E-state index contributed by atoms with van der Waals surface area (Å²) in [5.74, 6) is -0.387. The lowest BCUT2D eigenvalue weighted by Crippen LogP contribution is -2.39. The van der Waals surface area contributed by atoms with E-state index >= 15 is 4.39 Å². The summed E-state index contributed by atoms with van der Waals surface area (Å²) < 4.78 is 45.2. The number of nitrogen functional groups attached to an aromatic ring is 1. The maximum absolute atomic E-state index is 15.4. The monoisotopic (exact) mass is 565 g/mol. The Labute approximate surface area is 232 Å². The normalized spacial score (nSPS) is 15.6. The summed E-state index contributed by atoms with van der Waals surface area (Å²) >= 11 is 0. The standard InChI is InChI=1S/C28H32FN7O3S/c1-16(2)27-33-24(25-26(30)32-15-22(36(25)27)28(37)35(4)19-11-12-31-14-19)18-9-10-21(20(29)13-18)34-40(38,39)23-8-6-5-7-17(23)3/h5-10,13,15-16,19,31,34H,11-12,14H2,1-4H3,(H2,30,32). The number of nitrogens with one attached hydrogen (secondary N) is 2. The van der Waals surface area contributed by atoms with Crippen molar-refractivity contribution in [3.8, 4) is 11.3 Å². The summed E-state index contributed by atoms with van der Waals surface area (Å²) in [5.41, 5.74) is 8.07. The molecule has 0 saturated carbocycles. The first-order valence-corrected chi connectivity index (χ1v) is 14.5. The van der Waals surface area contributed by atoms with Gasteiger partial charge in [-0.2, -0.15) is 0 Å². The van der Waals surface area contributed by atoms with Crippen LogP contribution in [0.3, 0.4) is 0 Å². The molecule has 4 N–H and O–H groups in total. The van der Waals surface area contributed by atoms with Gasteiger partial charge in [0.15, 0.2) is 0 Å². The molecule has 40 heavy (non-hydrogen) atoms. The van der Waals surface area contributed by atoms with E-state index in [1.165, 1.54) is 24.4 Å². The molecule has 0 bridgehead atoms. The number of likely N-dealkylation sites (N-methyl/N-ethyl adjacent to an activating group) is 1. The van der Waals surface area contributed by atoms with Crippen LogP contribution < -0.4 is 15.8 Å². The fourth-order valence-corrected chi connectivity index (χ4v) is 6.34. The van der Waals surface area contributed by atoms with Crippen molar-refractivity contribution in [2.24, 2.45) is 0 Å². The minimum atomic E-state index is -4.01. The molecule has 1 aliphatic rings. The molecular formula is C28H32FN7O3S. The Kier molecular flexibility index (Phi) is 7.23. The van der Waals surface area contributed by atoms with E-state index in [4.69, 9.17) is 10.7 Å². The average Bonchev–Trinajstić information content (AvgIpc) is 3.59. The van der Waals surface area contributed by atoms with Crippen LogP contribution in [0.2, 0.25) is 0 Å². The smallest absolute Gasteiger partial charge is 0.272 e. The van der Waals surface area contributed by atoms with Crippen LogP contribution in [0.25, 0.3) is 16.8 Å². The lowest BCUT2D eigenvalue weighted by atomic mass is 10.1. The van der Waals surface area contributed by atoms with Crippen molar-refractivity contribution in [2.75, 3.05) is 30.6 Å². The van der Waals surface area contributed by atoms with Gasteiger partial charge in [0.05, 0.1) is 16.8 Å². The zero-order valence-corrected chi connectivity index (χ0v) is 23.6. The van der Waals surface area contributed by atoms with Gasteiger partial charge >= 0.3 is 0 Å². The van der Waals surface area contributed by atoms with E-state index in [9.17, 15) is 13.2 Å². The topological polar surface area (TPSA) is 135 Å². The van der Waals surface area contributed by atoms with Gasteiger partial charge in [-0.1, -0.05) is 38.1 Å². The third-order valence-electron chi connectivity index (χ3n) is 7.22. The van der Waals surface area contributed by atoms with Crippen molar-refractivity contribution in [1.82, 2.24) is 24.6 Å². The minimum absolute atomic E-state index is 0.0516. The van der Waals surface area contributed by atoms with E-state index in [0.717, 1.165) is 13.0 Å². The van der Waals surface area contributed by atoms with Crippen molar-refractivity contribution in [2.45, 2.75) is 44.0 Å². The predicted octanol–water partition coefficient (Wildman–Crippen LogP) is 3.78. The Morgan fingerprint density at radius 3 is 2.65 bits per heavy atom. The Hall–Kier alpha value is -4.03. The number of anilines is 2. The Morgan fingerprint density at radius 2 is 2.00 bits per heavy atom. The van der Waals surface area contributed by atoms with E-state index in [-0.39, 0.29) is 34.3 Å². The van der Waals surface area contributed by atoms with Gasteiger partial charge in [-0.3, -0.25) is 13.9 Å². The van der Waals surface area contributed by atoms with E-state index in [2.05, 4.69) is 15.0 Å². The molecule has 4 aromatic rings. The second-order valence-corrected chi connectivity index (χ2v) is 12.0. The number of carbonyl (C=O) groups is 1. The second-order valence-electron chi connectivity index (χ2n) is 10.3. The molecule has 10 nitrogen and oxygen atoms in total. The first-order valence-electron chi connectivity index (χ1n) is 13.0. The maximum Gasteiger partial charge on any atom is 0.272 e. The number of amides is 1. The van der Waals surface area contributed by atoms with Crippen molar-refractivity contribution in [3.05, 3.63) is 71.6 Å². The lowest BCUT2D eigenvalue weighted by Gasteiger charge is -2.24. The third-order valence-corrected chi connectivity index (χ3v) is 8.75. The van der Waals surface area contributed by atoms with Crippen LogP contribution in [0.1, 0.15) is 48.1 Å². The Morgan fingerprint density at radius 1 is 1.25 bits per heavy atom. The van der Waals surface area contributed by atoms with Crippen LogP contribution in [0.4, 0.5) is 15.9 Å². The summed E-state index contributed by atoms with van der Waals surface area (Å²) in [6, 6.07) is 10.6. The highest BCUT2D eigenvalue weighted by Gasteiger charge is 2.29. The molecule has 0 aliphatic carbocycles. The number of sulfonamides is 1. The van der Waals surface area contributed by atoms with Crippen LogP contribution in [-0.2, 0) is 10.0 Å². The first-order chi connectivity index (χ1) is 19.0. The van der Waals surface area contributed by atoms with Crippen LogP contribution in [0, 0.1) is 12.7 Å². The van der Waals surface area contributed by atoms with Crippen LogP contribution >= 0.6 is 0 Å². The summed E-state index contributed by atoms with van der Waals surface area (Å²) in [6.45, 7) is 7.10. The number of halogens is 1. The summed E-state index contributed by atoms with van der Waals surface area (Å²) in [6.07, 6.45) is 2.30. The minimum Gasteiger partial charge on any atom is -0.382 e. The number of fused-ring (bicyclic) bond motifs is 1. The van der Waals surface area contributed by atoms with Crippen LogP contribution in [0.15, 0.2) is 53.6 Å². The number of imidazole rings is 1. The van der Waals surface area contributed by atoms with Crippen molar-refractivity contribution >= 4 is 33.0 Å². The van der Waals surface area contributed by atoms with Gasteiger partial charge in [0, 0.05) is 31.1 Å². The van der Waals surface area contributed by atoms with Crippen molar-refractivity contribution in [1.29, 1.82) is 0 Å². The largest absolute Gasteiger partial charge is 0.382 e. The molecular weight excluding hydrogens is 533 g/mol. The van der Waals surface area contributed by atoms with Crippen molar-refractivity contribution in [3.63, 3.8) is 0 Å². The third kappa shape index (κ3) is 4.88. The summed E-state index contributed by atoms with van der Waals surface area (Å²) in [5, 5.41) is 3.27. The van der Waals surface area contributed by atoms with Gasteiger partial charge < -0.3 is 16.0 Å². The van der Waals surface area contributed by atoms with Gasteiger partial charge in [-0.05, 0) is 43.7 Å². The fourth-order valence-electron chi connectivity index (χ4n) is 5.03. The summed E-state index contributed by atoms with van der Waals surface area (Å²) in [4.78, 5) is 24.4. The number of hydrogen-bond acceptors (Lipinski definition) is 7. The predicted molar refractivity (Wildman–Crippen MR) is 152 cm³/mol. The maximum atomic E-state index is 15.4. The summed E-state index contributed by atoms with van der Waals surface area (Å²) in [7, 11) is -2.24. The highest BCUT2D eigenvalue weighted by atomic mass is 32.2. The zero-order chi connectivity index (χ0) is 28.8. The van der Waals surface area contributed by atoms with Gasteiger partial charge in [-0.15, -0.1) is 0 Å². The van der Waals surface area contributed by atoms with Gasteiger partial charge in [0.2, 0.25) is 0 Å². The quantitative estimate of drug-likeness (QED) is 0.310. The molecule has 1 unspecified atom stereocenters. The molecule has 1 aliphatic heterocycles. The number of benzene rings is 2. The SMILES string of the molecule is Cc1ccccc1S(=O)(=O)Nc1ccc(-c2nc(C(C)C)n3c(C(=O)N(C)C4CCNC4)cnc(N)c23)cc1F. The van der Waals surface area contributed by atoms with E-state index < -0.39 is 15.8 Å². The molecule has 3 heterocycles. The highest BCUT2D eigenvalue weighted by Crippen LogP contribution is 2.34. The number of aromatic nitrogens is 3. The molecule has 210 valence electrons. The van der Waals surface area contributed by atoms with Crippen LogP contribution in [0.5, 0.6) is 0 Å². The van der Waals surface area contributed by atoms with E-state index in [0.29, 0.717) is 40.4 Å². The number of nitrogens with two attached hydrogens (primary N) is 1. The zero-order valence-electron chi connectivity index (χ0n) is 22.8. The first kappa shape index (κ1) is 27.5. The number of rotatable bonds is 7. The second kappa shape index (κ2) is 10.5. The number of hydrogen-bond donors (Lipinski definition) is 3.